The topological polar surface area (TPSA) is 49.4 Å². The van der Waals surface area contributed by atoms with Crippen molar-refractivity contribution in [2.75, 3.05) is 52.7 Å². The average Bonchev–Trinajstić information content (AvgIpc) is 3.29. The van der Waals surface area contributed by atoms with Gasteiger partial charge in [0, 0.05) is 52.2 Å². The fourth-order valence-corrected chi connectivity index (χ4v) is 6.52. The average molecular weight is 390 g/mol. The summed E-state index contributed by atoms with van der Waals surface area (Å²) in [7, 11) is -2.54. The van der Waals surface area contributed by atoms with Gasteiger partial charge in [-0.15, -0.1) is 0 Å². The van der Waals surface area contributed by atoms with Crippen LogP contribution in [-0.2, 0) is 22.8 Å². The van der Waals surface area contributed by atoms with Crippen molar-refractivity contribution in [1.29, 1.82) is 0 Å². The zero-order chi connectivity index (χ0) is 18.7. The van der Waals surface area contributed by atoms with Crippen LogP contribution in [0.5, 0.6) is 0 Å². The second-order valence-corrected chi connectivity index (χ2v) is 9.85. The molecule has 2 unspecified atom stereocenters. The fraction of sp³-hybridized carbons (Fsp3) is 1.00. The Kier molecular flexibility index (Phi) is 10.7. The molecule has 0 amide bonds. The van der Waals surface area contributed by atoms with Crippen LogP contribution in [0.15, 0.2) is 0 Å². The third kappa shape index (κ3) is 7.54. The van der Waals surface area contributed by atoms with E-state index in [1.165, 1.54) is 25.7 Å². The highest BCUT2D eigenvalue weighted by molar-refractivity contribution is 6.60. The maximum absolute atomic E-state index is 5.99. The summed E-state index contributed by atoms with van der Waals surface area (Å²) >= 11 is 0. The summed E-state index contributed by atoms with van der Waals surface area (Å²) in [6, 6.07) is 0.871. The van der Waals surface area contributed by atoms with E-state index >= 15 is 0 Å². The molecule has 0 aromatic rings. The van der Waals surface area contributed by atoms with E-state index in [1.807, 2.05) is 20.8 Å². The summed E-state index contributed by atoms with van der Waals surface area (Å²) in [5, 5.41) is 0. The normalized spacial score (nSPS) is 24.0. The summed E-state index contributed by atoms with van der Waals surface area (Å²) in [5.41, 5.74) is 0. The van der Waals surface area contributed by atoms with Crippen molar-refractivity contribution < 1.29 is 22.8 Å². The highest BCUT2D eigenvalue weighted by atomic mass is 28.4. The van der Waals surface area contributed by atoms with Crippen LogP contribution < -0.4 is 0 Å². The predicted molar refractivity (Wildman–Crippen MR) is 104 cm³/mol. The molecule has 0 N–H and O–H groups in total. The first kappa shape index (κ1) is 22.3. The Bertz CT molecular complexity index is 327. The lowest BCUT2D eigenvalue weighted by molar-refractivity contribution is 0.0359. The SMILES string of the molecule is CCO[Si](CCCN(CC1CCCO1)CC1CCCO1)(OCC)OCC. The predicted octanol–water partition coefficient (Wildman–Crippen LogP) is 3.08. The van der Waals surface area contributed by atoms with Gasteiger partial charge in [-0.05, 0) is 59.4 Å². The molecule has 154 valence electrons. The van der Waals surface area contributed by atoms with Gasteiger partial charge in [0.1, 0.15) is 0 Å². The Labute approximate surface area is 160 Å². The Morgan fingerprint density at radius 3 is 1.73 bits per heavy atom. The molecule has 0 aromatic carbocycles. The standard InChI is InChI=1S/C19H39NO5Si/c1-4-23-26(24-5-2,25-6-3)15-9-12-20(16-18-10-7-13-21-18)17-19-11-8-14-22-19/h18-19H,4-17H2,1-3H3. The van der Waals surface area contributed by atoms with Crippen LogP contribution in [0.3, 0.4) is 0 Å². The Hall–Kier alpha value is -0.0231. The summed E-state index contributed by atoms with van der Waals surface area (Å²) < 4.78 is 29.7. The molecule has 0 aliphatic carbocycles. The van der Waals surface area contributed by atoms with E-state index in [-0.39, 0.29) is 0 Å². The quantitative estimate of drug-likeness (QED) is 0.426. The smallest absolute Gasteiger partial charge is 0.377 e. The molecule has 0 bridgehead atoms. The van der Waals surface area contributed by atoms with Crippen LogP contribution in [0.4, 0.5) is 0 Å². The van der Waals surface area contributed by atoms with Gasteiger partial charge >= 0.3 is 8.80 Å². The molecule has 0 spiro atoms. The minimum atomic E-state index is -2.54. The van der Waals surface area contributed by atoms with Crippen LogP contribution in [0.1, 0.15) is 52.9 Å². The van der Waals surface area contributed by atoms with Gasteiger partial charge in [-0.25, -0.2) is 0 Å². The number of ether oxygens (including phenoxy) is 2. The van der Waals surface area contributed by atoms with E-state index in [0.717, 1.165) is 45.3 Å². The van der Waals surface area contributed by atoms with Crippen LogP contribution in [0, 0.1) is 0 Å². The molecule has 2 atom stereocenters. The first-order chi connectivity index (χ1) is 12.7. The molecule has 6 nitrogen and oxygen atoms in total. The summed E-state index contributed by atoms with van der Waals surface area (Å²) in [6.45, 7) is 12.8. The van der Waals surface area contributed by atoms with E-state index in [4.69, 9.17) is 22.8 Å². The zero-order valence-electron chi connectivity index (χ0n) is 17.0. The number of hydrogen-bond donors (Lipinski definition) is 0. The highest BCUT2D eigenvalue weighted by Crippen LogP contribution is 2.21. The van der Waals surface area contributed by atoms with Crippen molar-refractivity contribution in [1.82, 2.24) is 4.90 Å². The van der Waals surface area contributed by atoms with Crippen molar-refractivity contribution in [3.63, 3.8) is 0 Å². The molecule has 7 heteroatoms. The van der Waals surface area contributed by atoms with E-state index in [9.17, 15) is 0 Å². The summed E-state index contributed by atoms with van der Waals surface area (Å²) in [6.07, 6.45) is 6.51. The number of nitrogens with zero attached hydrogens (tertiary/aromatic N) is 1. The molecule has 2 saturated heterocycles. The van der Waals surface area contributed by atoms with Crippen molar-refractivity contribution in [3.8, 4) is 0 Å². The van der Waals surface area contributed by atoms with E-state index in [2.05, 4.69) is 4.90 Å². The van der Waals surface area contributed by atoms with E-state index < -0.39 is 8.80 Å². The lowest BCUT2D eigenvalue weighted by Gasteiger charge is -2.31. The van der Waals surface area contributed by atoms with Crippen LogP contribution in [-0.4, -0.2) is 78.6 Å². The maximum Gasteiger partial charge on any atom is 0.500 e. The van der Waals surface area contributed by atoms with Gasteiger partial charge in [-0.3, -0.25) is 4.90 Å². The van der Waals surface area contributed by atoms with Crippen molar-refractivity contribution >= 4 is 8.80 Å². The third-order valence-electron chi connectivity index (χ3n) is 5.02. The van der Waals surface area contributed by atoms with Crippen molar-refractivity contribution in [2.24, 2.45) is 0 Å². The van der Waals surface area contributed by atoms with Gasteiger partial charge in [-0.2, -0.15) is 0 Å². The largest absolute Gasteiger partial charge is 0.500 e. The minimum absolute atomic E-state index is 0.379. The molecule has 2 fully saturated rings. The monoisotopic (exact) mass is 389 g/mol. The summed E-state index contributed by atoms with van der Waals surface area (Å²) in [5.74, 6) is 0. The maximum atomic E-state index is 5.99. The van der Waals surface area contributed by atoms with Crippen LogP contribution in [0.2, 0.25) is 6.04 Å². The molecular formula is C19H39NO5Si. The van der Waals surface area contributed by atoms with Crippen LogP contribution >= 0.6 is 0 Å². The van der Waals surface area contributed by atoms with Gasteiger partial charge in [0.2, 0.25) is 0 Å². The molecule has 2 rings (SSSR count). The molecular weight excluding hydrogens is 350 g/mol. The van der Waals surface area contributed by atoms with Gasteiger partial charge < -0.3 is 22.8 Å². The van der Waals surface area contributed by atoms with Gasteiger partial charge in [0.25, 0.3) is 0 Å². The minimum Gasteiger partial charge on any atom is -0.377 e. The van der Waals surface area contributed by atoms with Crippen molar-refractivity contribution in [3.05, 3.63) is 0 Å². The van der Waals surface area contributed by atoms with Crippen LogP contribution in [0.25, 0.3) is 0 Å². The number of rotatable bonds is 14. The Morgan fingerprint density at radius 1 is 0.846 bits per heavy atom. The molecule has 2 aliphatic rings. The Balaban J connectivity index is 1.85. The second kappa shape index (κ2) is 12.4. The molecule has 2 heterocycles. The lowest BCUT2D eigenvalue weighted by Crippen LogP contribution is -2.47. The molecule has 26 heavy (non-hydrogen) atoms. The highest BCUT2D eigenvalue weighted by Gasteiger charge is 2.40. The van der Waals surface area contributed by atoms with Gasteiger partial charge in [-0.1, -0.05) is 0 Å². The fourth-order valence-electron chi connectivity index (χ4n) is 3.93. The molecule has 0 saturated carbocycles. The zero-order valence-corrected chi connectivity index (χ0v) is 18.0. The van der Waals surface area contributed by atoms with E-state index in [1.54, 1.807) is 0 Å². The first-order valence-electron chi connectivity index (χ1n) is 10.6. The molecule has 0 radical (unpaired) electrons. The van der Waals surface area contributed by atoms with E-state index in [0.29, 0.717) is 32.0 Å². The first-order valence-corrected chi connectivity index (χ1v) is 12.5. The third-order valence-corrected chi connectivity index (χ3v) is 8.17. The lowest BCUT2D eigenvalue weighted by atomic mass is 10.2. The number of hydrogen-bond acceptors (Lipinski definition) is 6. The summed E-state index contributed by atoms with van der Waals surface area (Å²) in [4.78, 5) is 2.52. The van der Waals surface area contributed by atoms with Gasteiger partial charge in [0.15, 0.2) is 0 Å². The van der Waals surface area contributed by atoms with Crippen molar-refractivity contribution in [2.45, 2.75) is 71.1 Å². The van der Waals surface area contributed by atoms with Gasteiger partial charge in [0.05, 0.1) is 12.2 Å². The second-order valence-electron chi connectivity index (χ2n) is 7.12. The Morgan fingerprint density at radius 2 is 1.35 bits per heavy atom. The molecule has 2 aliphatic heterocycles. The molecule has 0 aromatic heterocycles.